The zero-order chi connectivity index (χ0) is 24.2. The van der Waals surface area contributed by atoms with E-state index in [1.165, 1.54) is 30.2 Å². The molecule has 0 spiro atoms. The Bertz CT molecular complexity index is 1330. The molecule has 1 N–H and O–H groups in total. The van der Waals surface area contributed by atoms with Crippen LogP contribution in [0.4, 0.5) is 5.00 Å². The second-order valence-corrected chi connectivity index (χ2v) is 9.80. The maximum atomic E-state index is 12.9. The Morgan fingerprint density at radius 2 is 1.74 bits per heavy atom. The van der Waals surface area contributed by atoms with Gasteiger partial charge in [-0.25, -0.2) is 4.79 Å². The summed E-state index contributed by atoms with van der Waals surface area (Å²) in [6, 6.07) is 17.6. The highest BCUT2D eigenvalue weighted by molar-refractivity contribution is 7.99. The van der Waals surface area contributed by atoms with Gasteiger partial charge in [-0.05, 0) is 38.5 Å². The number of thiophene rings is 1. The van der Waals surface area contributed by atoms with Gasteiger partial charge in [0.15, 0.2) is 5.16 Å². The zero-order valence-electron chi connectivity index (χ0n) is 19.3. The van der Waals surface area contributed by atoms with E-state index in [0.29, 0.717) is 15.7 Å². The van der Waals surface area contributed by atoms with Crippen molar-refractivity contribution in [2.75, 3.05) is 18.2 Å². The third-order valence-corrected chi connectivity index (χ3v) is 7.16. The monoisotopic (exact) mass is 492 g/mol. The summed E-state index contributed by atoms with van der Waals surface area (Å²) in [4.78, 5) is 26.4. The molecule has 2 aromatic heterocycles. The van der Waals surface area contributed by atoms with E-state index in [0.717, 1.165) is 33.1 Å². The molecule has 0 aliphatic carbocycles. The van der Waals surface area contributed by atoms with Crippen LogP contribution in [0.25, 0.3) is 16.8 Å². The minimum absolute atomic E-state index is 0.113. The van der Waals surface area contributed by atoms with Crippen LogP contribution < -0.4 is 5.32 Å². The van der Waals surface area contributed by atoms with Crippen molar-refractivity contribution in [2.45, 2.75) is 25.9 Å². The van der Waals surface area contributed by atoms with Crippen LogP contribution >= 0.6 is 23.1 Å². The van der Waals surface area contributed by atoms with Crippen LogP contribution in [0.5, 0.6) is 0 Å². The molecule has 9 heteroatoms. The standard InChI is InChI=1S/C25H24N4O3S2/c1-15-10-12-19(13-11-15)29-17(3)27-28-25(29)33-14-20(30)26-23-22(24(31)32-4)21(16(2)34-23)18-8-6-5-7-9-18/h5-13H,14H2,1-4H3,(H,26,30). The van der Waals surface area contributed by atoms with E-state index in [9.17, 15) is 9.59 Å². The lowest BCUT2D eigenvalue weighted by molar-refractivity contribution is -0.113. The first-order chi connectivity index (χ1) is 16.4. The van der Waals surface area contributed by atoms with Gasteiger partial charge in [-0.1, -0.05) is 59.8 Å². The van der Waals surface area contributed by atoms with Crippen molar-refractivity contribution in [2.24, 2.45) is 0 Å². The lowest BCUT2D eigenvalue weighted by Gasteiger charge is -2.10. The molecule has 0 saturated heterocycles. The van der Waals surface area contributed by atoms with Crippen LogP contribution in [-0.4, -0.2) is 39.5 Å². The number of nitrogens with zero attached hydrogens (tertiary/aromatic N) is 3. The molecular formula is C25H24N4O3S2. The summed E-state index contributed by atoms with van der Waals surface area (Å²) in [5.41, 5.74) is 4.13. The number of hydrogen-bond donors (Lipinski definition) is 1. The predicted octanol–water partition coefficient (Wildman–Crippen LogP) is 5.44. The van der Waals surface area contributed by atoms with Crippen LogP contribution in [-0.2, 0) is 9.53 Å². The average molecular weight is 493 g/mol. The van der Waals surface area contributed by atoms with E-state index in [1.807, 2.05) is 79.9 Å². The number of aryl methyl sites for hydroxylation is 3. The third kappa shape index (κ3) is 4.90. The molecule has 0 radical (unpaired) electrons. The number of anilines is 1. The number of aromatic nitrogens is 3. The maximum Gasteiger partial charge on any atom is 0.341 e. The predicted molar refractivity (Wildman–Crippen MR) is 136 cm³/mol. The summed E-state index contributed by atoms with van der Waals surface area (Å²) in [6.45, 7) is 5.83. The maximum absolute atomic E-state index is 12.9. The van der Waals surface area contributed by atoms with Crippen molar-refractivity contribution < 1.29 is 14.3 Å². The summed E-state index contributed by atoms with van der Waals surface area (Å²) in [6.07, 6.45) is 0. The molecule has 0 aliphatic heterocycles. The molecule has 0 atom stereocenters. The van der Waals surface area contributed by atoms with Crippen LogP contribution in [0.1, 0.15) is 26.6 Å². The second-order valence-electron chi connectivity index (χ2n) is 7.63. The molecule has 0 bridgehead atoms. The second kappa shape index (κ2) is 10.2. The van der Waals surface area contributed by atoms with Crippen molar-refractivity contribution in [3.63, 3.8) is 0 Å². The molecule has 34 heavy (non-hydrogen) atoms. The number of rotatable bonds is 7. The van der Waals surface area contributed by atoms with Crippen molar-refractivity contribution in [1.29, 1.82) is 0 Å². The first kappa shape index (κ1) is 23.7. The number of ether oxygens (including phenoxy) is 1. The summed E-state index contributed by atoms with van der Waals surface area (Å²) < 4.78 is 6.95. The first-order valence-electron chi connectivity index (χ1n) is 10.6. The Labute approximate surface area is 206 Å². The number of benzene rings is 2. The Morgan fingerprint density at radius 1 is 1.03 bits per heavy atom. The largest absolute Gasteiger partial charge is 0.465 e. The number of thioether (sulfide) groups is 1. The van der Waals surface area contributed by atoms with E-state index in [1.54, 1.807) is 0 Å². The van der Waals surface area contributed by atoms with E-state index in [-0.39, 0.29) is 11.7 Å². The molecule has 174 valence electrons. The van der Waals surface area contributed by atoms with E-state index >= 15 is 0 Å². The van der Waals surface area contributed by atoms with Crippen LogP contribution in [0.3, 0.4) is 0 Å². The van der Waals surface area contributed by atoms with Crippen molar-refractivity contribution in [3.05, 3.63) is 76.4 Å². The van der Waals surface area contributed by atoms with Gasteiger partial charge in [-0.2, -0.15) is 0 Å². The molecule has 0 fully saturated rings. The average Bonchev–Trinajstić information content (AvgIpc) is 3.37. The number of carbonyl (C=O) groups excluding carboxylic acids is 2. The number of carbonyl (C=O) groups is 2. The van der Waals surface area contributed by atoms with Crippen molar-refractivity contribution in [1.82, 2.24) is 14.8 Å². The van der Waals surface area contributed by atoms with Gasteiger partial charge in [-0.15, -0.1) is 21.5 Å². The lowest BCUT2D eigenvalue weighted by atomic mass is 10.0. The van der Waals surface area contributed by atoms with E-state index in [2.05, 4.69) is 15.5 Å². The fourth-order valence-corrected chi connectivity index (χ4v) is 5.48. The van der Waals surface area contributed by atoms with Crippen molar-refractivity contribution in [3.8, 4) is 16.8 Å². The molecule has 0 saturated carbocycles. The van der Waals surface area contributed by atoms with Gasteiger partial charge < -0.3 is 10.1 Å². The number of methoxy groups -OCH3 is 1. The number of nitrogens with one attached hydrogen (secondary N) is 1. The van der Waals surface area contributed by atoms with Crippen molar-refractivity contribution >= 4 is 40.0 Å². The van der Waals surface area contributed by atoms with Crippen LogP contribution in [0, 0.1) is 20.8 Å². The Kier molecular flexibility index (Phi) is 7.14. The molecule has 4 rings (SSSR count). The highest BCUT2D eigenvalue weighted by atomic mass is 32.2. The topological polar surface area (TPSA) is 86.1 Å². The molecule has 4 aromatic rings. The Morgan fingerprint density at radius 3 is 2.41 bits per heavy atom. The van der Waals surface area contributed by atoms with Gasteiger partial charge >= 0.3 is 5.97 Å². The Hall–Kier alpha value is -3.43. The first-order valence-corrected chi connectivity index (χ1v) is 12.4. The smallest absolute Gasteiger partial charge is 0.341 e. The Balaban J connectivity index is 1.55. The van der Waals surface area contributed by atoms with Crippen LogP contribution in [0.2, 0.25) is 0 Å². The van der Waals surface area contributed by atoms with E-state index < -0.39 is 5.97 Å². The van der Waals surface area contributed by atoms with Crippen LogP contribution in [0.15, 0.2) is 59.8 Å². The molecule has 0 aliphatic rings. The summed E-state index contributed by atoms with van der Waals surface area (Å²) in [5.74, 6) is 0.122. The number of esters is 1. The van der Waals surface area contributed by atoms with E-state index in [4.69, 9.17) is 4.74 Å². The highest BCUT2D eigenvalue weighted by Gasteiger charge is 2.25. The van der Waals surface area contributed by atoms with Gasteiger partial charge in [-0.3, -0.25) is 9.36 Å². The van der Waals surface area contributed by atoms with Gasteiger partial charge in [0.1, 0.15) is 16.4 Å². The summed E-state index contributed by atoms with van der Waals surface area (Å²) >= 11 is 2.65. The fraction of sp³-hybridized carbons (Fsp3) is 0.200. The third-order valence-electron chi connectivity index (χ3n) is 5.21. The van der Waals surface area contributed by atoms with Gasteiger partial charge in [0.2, 0.25) is 5.91 Å². The van der Waals surface area contributed by atoms with Gasteiger partial charge in [0.05, 0.1) is 12.9 Å². The molecule has 2 heterocycles. The molecule has 1 amide bonds. The number of hydrogen-bond acceptors (Lipinski definition) is 7. The SMILES string of the molecule is COC(=O)c1c(NC(=O)CSc2nnc(C)n2-c2ccc(C)cc2)sc(C)c1-c1ccccc1. The normalized spacial score (nSPS) is 10.8. The minimum Gasteiger partial charge on any atom is -0.465 e. The lowest BCUT2D eigenvalue weighted by Crippen LogP contribution is -2.16. The quantitative estimate of drug-likeness (QED) is 0.273. The molecule has 7 nitrogen and oxygen atoms in total. The zero-order valence-corrected chi connectivity index (χ0v) is 20.9. The van der Waals surface area contributed by atoms with Gasteiger partial charge in [0, 0.05) is 16.1 Å². The minimum atomic E-state index is -0.485. The highest BCUT2D eigenvalue weighted by Crippen LogP contribution is 2.40. The van der Waals surface area contributed by atoms with Gasteiger partial charge in [0.25, 0.3) is 0 Å². The fourth-order valence-electron chi connectivity index (χ4n) is 3.60. The molecule has 0 unspecified atom stereocenters. The molecule has 2 aromatic carbocycles. The number of amides is 1. The summed E-state index contributed by atoms with van der Waals surface area (Å²) in [5, 5.41) is 12.4. The molecular weight excluding hydrogens is 468 g/mol. The summed E-state index contributed by atoms with van der Waals surface area (Å²) in [7, 11) is 1.34.